The molecule has 2 amide bonds. The van der Waals surface area contributed by atoms with E-state index in [1.807, 2.05) is 25.1 Å². The molecule has 0 aromatic heterocycles. The fourth-order valence-corrected chi connectivity index (χ4v) is 2.72. The third-order valence-electron chi connectivity index (χ3n) is 3.72. The van der Waals surface area contributed by atoms with Crippen LogP contribution in [0.4, 0.5) is 10.5 Å². The van der Waals surface area contributed by atoms with Crippen molar-refractivity contribution in [2.45, 2.75) is 26.7 Å². The summed E-state index contributed by atoms with van der Waals surface area (Å²) in [7, 11) is 0. The fraction of sp³-hybridized carbons (Fsp3) is 0.500. The molecule has 0 spiro atoms. The molecule has 0 bridgehead atoms. The molecule has 0 saturated carbocycles. The molecule has 114 valence electrons. The number of carbonyl (C=O) groups is 2. The number of fused-ring (bicyclic) bond motifs is 1. The Morgan fingerprint density at radius 2 is 2.14 bits per heavy atom. The summed E-state index contributed by atoms with van der Waals surface area (Å²) in [5.74, 6) is -0.500. The topological polar surface area (TPSA) is 69.6 Å². The summed E-state index contributed by atoms with van der Waals surface area (Å²) in [4.78, 5) is 24.8. The van der Waals surface area contributed by atoms with E-state index in [9.17, 15) is 9.59 Å². The van der Waals surface area contributed by atoms with Crippen molar-refractivity contribution in [1.29, 1.82) is 0 Å². The van der Waals surface area contributed by atoms with Crippen molar-refractivity contribution in [1.82, 2.24) is 5.32 Å². The van der Waals surface area contributed by atoms with Gasteiger partial charge in [0.05, 0.1) is 0 Å². The molecule has 0 radical (unpaired) electrons. The number of hydrogen-bond donors (Lipinski definition) is 2. The second kappa shape index (κ2) is 6.61. The summed E-state index contributed by atoms with van der Waals surface area (Å²) < 4.78 is 0. The minimum atomic E-state index is -0.839. The van der Waals surface area contributed by atoms with Gasteiger partial charge in [-0.1, -0.05) is 32.0 Å². The van der Waals surface area contributed by atoms with E-state index in [0.717, 1.165) is 12.1 Å². The maximum Gasteiger partial charge on any atom is 0.321 e. The zero-order valence-corrected chi connectivity index (χ0v) is 12.5. The highest BCUT2D eigenvalue weighted by Crippen LogP contribution is 2.29. The minimum absolute atomic E-state index is 0.0628. The zero-order chi connectivity index (χ0) is 15.4. The normalized spacial score (nSPS) is 18.8. The molecule has 0 fully saturated rings. The Morgan fingerprint density at radius 1 is 1.43 bits per heavy atom. The summed E-state index contributed by atoms with van der Waals surface area (Å²) in [6.07, 6.45) is 1.04. The molecule has 21 heavy (non-hydrogen) atoms. The van der Waals surface area contributed by atoms with Gasteiger partial charge in [-0.15, -0.1) is 0 Å². The number of carboxylic acid groups (broad SMARTS) is 1. The number of anilines is 1. The van der Waals surface area contributed by atoms with E-state index >= 15 is 0 Å². The van der Waals surface area contributed by atoms with Crippen LogP contribution < -0.4 is 10.2 Å². The number of hydrogen-bond acceptors (Lipinski definition) is 2. The van der Waals surface area contributed by atoms with Crippen LogP contribution in [0.5, 0.6) is 0 Å². The largest absolute Gasteiger partial charge is 0.481 e. The number of para-hydroxylation sites is 1. The molecule has 2 unspecified atom stereocenters. The molecule has 2 atom stereocenters. The maximum absolute atomic E-state index is 12.4. The SMILES string of the molecule is CC(CNC(=O)N1CC(C)Cc2ccccc21)CC(=O)O. The Kier molecular flexibility index (Phi) is 4.83. The Bertz CT molecular complexity index is 530. The lowest BCUT2D eigenvalue weighted by molar-refractivity contribution is -0.137. The van der Waals surface area contributed by atoms with Gasteiger partial charge in [0.25, 0.3) is 0 Å². The number of nitrogens with zero attached hydrogens (tertiary/aromatic N) is 1. The number of aliphatic carboxylic acids is 1. The van der Waals surface area contributed by atoms with Crippen LogP contribution in [-0.4, -0.2) is 30.2 Å². The van der Waals surface area contributed by atoms with Gasteiger partial charge in [0, 0.05) is 25.2 Å². The number of benzene rings is 1. The standard InChI is InChI=1S/C16H22N2O3/c1-11(8-15(19)20)9-17-16(21)18-10-12(2)7-13-5-3-4-6-14(13)18/h3-6,11-12H,7-10H2,1-2H3,(H,17,21)(H,19,20). The third kappa shape index (κ3) is 3.97. The van der Waals surface area contributed by atoms with Gasteiger partial charge in [-0.2, -0.15) is 0 Å². The molecule has 2 rings (SSSR count). The first-order valence-corrected chi connectivity index (χ1v) is 7.32. The predicted octanol–water partition coefficient (Wildman–Crippen LogP) is 2.51. The van der Waals surface area contributed by atoms with E-state index in [2.05, 4.69) is 18.3 Å². The van der Waals surface area contributed by atoms with Crippen molar-refractivity contribution in [2.24, 2.45) is 11.8 Å². The second-order valence-corrected chi connectivity index (χ2v) is 5.94. The first kappa shape index (κ1) is 15.4. The molecule has 5 heteroatoms. The summed E-state index contributed by atoms with van der Waals surface area (Å²) in [6.45, 7) is 5.01. The molecule has 1 heterocycles. The van der Waals surface area contributed by atoms with Crippen LogP contribution in [0.2, 0.25) is 0 Å². The van der Waals surface area contributed by atoms with Crippen LogP contribution in [0.25, 0.3) is 0 Å². The first-order valence-electron chi connectivity index (χ1n) is 7.32. The van der Waals surface area contributed by atoms with Gasteiger partial charge in [0.2, 0.25) is 0 Å². The van der Waals surface area contributed by atoms with Crippen molar-refractivity contribution in [2.75, 3.05) is 18.0 Å². The average Bonchev–Trinajstić information content (AvgIpc) is 2.43. The maximum atomic E-state index is 12.4. The molecular formula is C16H22N2O3. The van der Waals surface area contributed by atoms with Crippen LogP contribution in [0, 0.1) is 11.8 Å². The predicted molar refractivity (Wildman–Crippen MR) is 81.5 cm³/mol. The van der Waals surface area contributed by atoms with Gasteiger partial charge in [0.1, 0.15) is 0 Å². The molecular weight excluding hydrogens is 268 g/mol. The van der Waals surface area contributed by atoms with Gasteiger partial charge in [-0.25, -0.2) is 4.79 Å². The van der Waals surface area contributed by atoms with E-state index in [1.54, 1.807) is 4.90 Å². The molecule has 5 nitrogen and oxygen atoms in total. The Balaban J connectivity index is 2.01. The van der Waals surface area contributed by atoms with Gasteiger partial charge in [-0.3, -0.25) is 9.69 Å². The number of rotatable bonds is 4. The van der Waals surface area contributed by atoms with Crippen molar-refractivity contribution in [3.8, 4) is 0 Å². The first-order chi connectivity index (χ1) is 9.97. The highest BCUT2D eigenvalue weighted by Gasteiger charge is 2.26. The van der Waals surface area contributed by atoms with E-state index in [-0.39, 0.29) is 18.4 Å². The van der Waals surface area contributed by atoms with Crippen LogP contribution in [0.1, 0.15) is 25.8 Å². The molecule has 1 aromatic rings. The van der Waals surface area contributed by atoms with Crippen LogP contribution >= 0.6 is 0 Å². The summed E-state index contributed by atoms with van der Waals surface area (Å²) in [5.41, 5.74) is 2.14. The summed E-state index contributed by atoms with van der Waals surface area (Å²) in [6, 6.07) is 7.79. The van der Waals surface area contributed by atoms with Crippen molar-refractivity contribution in [3.63, 3.8) is 0 Å². The Hall–Kier alpha value is -2.04. The second-order valence-electron chi connectivity index (χ2n) is 5.94. The van der Waals surface area contributed by atoms with Crippen LogP contribution in [-0.2, 0) is 11.2 Å². The lowest BCUT2D eigenvalue weighted by Gasteiger charge is -2.33. The van der Waals surface area contributed by atoms with E-state index in [4.69, 9.17) is 5.11 Å². The highest BCUT2D eigenvalue weighted by molar-refractivity contribution is 5.93. The number of carboxylic acids is 1. The molecule has 2 N–H and O–H groups in total. The zero-order valence-electron chi connectivity index (χ0n) is 12.5. The molecule has 1 aromatic carbocycles. The van der Waals surface area contributed by atoms with Crippen molar-refractivity contribution in [3.05, 3.63) is 29.8 Å². The summed E-state index contributed by atoms with van der Waals surface area (Å²) in [5, 5.41) is 11.6. The molecule has 1 aliphatic rings. The van der Waals surface area contributed by atoms with Crippen molar-refractivity contribution >= 4 is 17.7 Å². The van der Waals surface area contributed by atoms with Gasteiger partial charge >= 0.3 is 12.0 Å². The number of nitrogens with one attached hydrogen (secondary N) is 1. The van der Waals surface area contributed by atoms with E-state index in [0.29, 0.717) is 19.0 Å². The molecule has 1 aliphatic heterocycles. The van der Waals surface area contributed by atoms with Crippen molar-refractivity contribution < 1.29 is 14.7 Å². The fourth-order valence-electron chi connectivity index (χ4n) is 2.72. The number of urea groups is 1. The van der Waals surface area contributed by atoms with Gasteiger partial charge in [-0.05, 0) is 29.9 Å². The number of amides is 2. The lowest BCUT2D eigenvalue weighted by atomic mass is 9.94. The Morgan fingerprint density at radius 3 is 2.86 bits per heavy atom. The minimum Gasteiger partial charge on any atom is -0.481 e. The smallest absolute Gasteiger partial charge is 0.321 e. The Labute approximate surface area is 125 Å². The van der Waals surface area contributed by atoms with Gasteiger partial charge < -0.3 is 10.4 Å². The third-order valence-corrected chi connectivity index (χ3v) is 3.72. The molecule has 0 aliphatic carbocycles. The van der Waals surface area contributed by atoms with Crippen LogP contribution in [0.3, 0.4) is 0 Å². The lowest BCUT2D eigenvalue weighted by Crippen LogP contribution is -2.46. The van der Waals surface area contributed by atoms with Crippen LogP contribution in [0.15, 0.2) is 24.3 Å². The molecule has 0 saturated heterocycles. The van der Waals surface area contributed by atoms with E-state index < -0.39 is 5.97 Å². The highest BCUT2D eigenvalue weighted by atomic mass is 16.4. The quantitative estimate of drug-likeness (QED) is 0.895. The monoisotopic (exact) mass is 290 g/mol. The van der Waals surface area contributed by atoms with E-state index in [1.165, 1.54) is 5.56 Å². The van der Waals surface area contributed by atoms with Gasteiger partial charge in [0.15, 0.2) is 0 Å². The number of carbonyl (C=O) groups excluding carboxylic acids is 1. The average molecular weight is 290 g/mol. The summed E-state index contributed by atoms with van der Waals surface area (Å²) >= 11 is 0.